The molecule has 2 aromatic rings. The first-order valence-electron chi connectivity index (χ1n) is 9.32. The highest BCUT2D eigenvalue weighted by Gasteiger charge is 2.42. The van der Waals surface area contributed by atoms with Gasteiger partial charge in [0.15, 0.2) is 0 Å². The van der Waals surface area contributed by atoms with Crippen molar-refractivity contribution >= 4 is 11.8 Å². The predicted molar refractivity (Wildman–Crippen MR) is 106 cm³/mol. The van der Waals surface area contributed by atoms with E-state index >= 15 is 0 Å². The number of benzene rings is 2. The van der Waals surface area contributed by atoms with Gasteiger partial charge in [0.1, 0.15) is 11.2 Å². The highest BCUT2D eigenvalue weighted by Crippen LogP contribution is 2.36. The van der Waals surface area contributed by atoms with Crippen LogP contribution in [0, 0.1) is 0 Å². The van der Waals surface area contributed by atoms with Gasteiger partial charge in [0.25, 0.3) is 0 Å². The van der Waals surface area contributed by atoms with Crippen LogP contribution in [0.15, 0.2) is 54.6 Å². The Kier molecular flexibility index (Phi) is 5.16. The average molecular weight is 368 g/mol. The summed E-state index contributed by atoms with van der Waals surface area (Å²) in [6.45, 7) is 5.64. The maximum absolute atomic E-state index is 12.8. The van der Waals surface area contributed by atoms with Gasteiger partial charge >= 0.3 is 6.09 Å². The monoisotopic (exact) mass is 368 g/mol. The van der Waals surface area contributed by atoms with Gasteiger partial charge in [0.05, 0.1) is 6.54 Å². The second kappa shape index (κ2) is 7.24. The van der Waals surface area contributed by atoms with Gasteiger partial charge in [-0.2, -0.15) is 0 Å². The van der Waals surface area contributed by atoms with E-state index in [0.29, 0.717) is 16.8 Å². The fraction of sp³-hybridized carbons (Fsp3) is 0.409. The molecule has 0 aromatic heterocycles. The van der Waals surface area contributed by atoms with Crippen LogP contribution in [0.4, 0.5) is 10.5 Å². The largest absolute Gasteiger partial charge is 0.444 e. The first kappa shape index (κ1) is 19.2. The van der Waals surface area contributed by atoms with E-state index in [-0.39, 0.29) is 12.6 Å². The maximum atomic E-state index is 12.8. The van der Waals surface area contributed by atoms with Crippen LogP contribution >= 0.6 is 0 Å². The van der Waals surface area contributed by atoms with Crippen molar-refractivity contribution in [3.63, 3.8) is 0 Å². The number of hydrogen-bond acceptors (Lipinski definition) is 4. The second-order valence-electron chi connectivity index (χ2n) is 8.19. The summed E-state index contributed by atoms with van der Waals surface area (Å²) < 4.78 is 5.59. The summed E-state index contributed by atoms with van der Waals surface area (Å²) in [4.78, 5) is 14.5. The van der Waals surface area contributed by atoms with E-state index in [1.54, 1.807) is 17.0 Å². The second-order valence-corrected chi connectivity index (χ2v) is 8.19. The number of carbonyl (C=O) groups is 1. The van der Waals surface area contributed by atoms with Crippen molar-refractivity contribution in [2.45, 2.75) is 50.9 Å². The molecule has 1 aliphatic carbocycles. The summed E-state index contributed by atoms with van der Waals surface area (Å²) >= 11 is 0. The zero-order valence-corrected chi connectivity index (χ0v) is 16.2. The van der Waals surface area contributed by atoms with E-state index in [4.69, 9.17) is 10.5 Å². The van der Waals surface area contributed by atoms with Gasteiger partial charge in [-0.05, 0) is 56.9 Å². The molecule has 1 saturated carbocycles. The van der Waals surface area contributed by atoms with Gasteiger partial charge in [0.2, 0.25) is 0 Å². The summed E-state index contributed by atoms with van der Waals surface area (Å²) in [7, 11) is 0. The third kappa shape index (κ3) is 4.61. The molecule has 3 rings (SSSR count). The van der Waals surface area contributed by atoms with Crippen molar-refractivity contribution in [3.05, 3.63) is 65.7 Å². The molecule has 5 nitrogen and oxygen atoms in total. The van der Waals surface area contributed by atoms with Crippen molar-refractivity contribution in [2.24, 2.45) is 0 Å². The molecule has 0 spiro atoms. The molecule has 27 heavy (non-hydrogen) atoms. The molecule has 1 amide bonds. The zero-order valence-electron chi connectivity index (χ0n) is 16.2. The van der Waals surface area contributed by atoms with Gasteiger partial charge in [-0.25, -0.2) is 4.79 Å². The normalized spacial score (nSPS) is 16.4. The van der Waals surface area contributed by atoms with Crippen LogP contribution in [0.2, 0.25) is 0 Å². The Morgan fingerprint density at radius 1 is 1.11 bits per heavy atom. The molecule has 5 heteroatoms. The number of nitrogens with two attached hydrogens (primary N) is 1. The Balaban J connectivity index is 1.99. The molecule has 0 saturated heterocycles. The Morgan fingerprint density at radius 3 is 2.30 bits per heavy atom. The van der Waals surface area contributed by atoms with E-state index < -0.39 is 17.3 Å². The number of rotatable bonds is 5. The van der Waals surface area contributed by atoms with Crippen molar-refractivity contribution < 1.29 is 14.6 Å². The Morgan fingerprint density at radius 2 is 1.74 bits per heavy atom. The number of nitrogen functional groups attached to an aromatic ring is 1. The number of ether oxygens (including phenoxy) is 1. The van der Waals surface area contributed by atoms with Crippen LogP contribution in [0.5, 0.6) is 0 Å². The van der Waals surface area contributed by atoms with Crippen LogP contribution in [-0.2, 0) is 10.3 Å². The number of aliphatic hydroxyl groups is 1. The first-order valence-corrected chi connectivity index (χ1v) is 9.32. The first-order chi connectivity index (χ1) is 12.7. The van der Waals surface area contributed by atoms with Crippen LogP contribution in [0.3, 0.4) is 0 Å². The topological polar surface area (TPSA) is 75.8 Å². The predicted octanol–water partition coefficient (Wildman–Crippen LogP) is 3.90. The molecule has 0 heterocycles. The van der Waals surface area contributed by atoms with E-state index in [0.717, 1.165) is 12.8 Å². The van der Waals surface area contributed by atoms with E-state index in [1.807, 2.05) is 63.2 Å². The van der Waals surface area contributed by atoms with Gasteiger partial charge in [0, 0.05) is 11.7 Å². The fourth-order valence-corrected chi connectivity index (χ4v) is 3.16. The summed E-state index contributed by atoms with van der Waals surface area (Å²) in [5, 5.41) is 11.8. The molecule has 1 fully saturated rings. The third-order valence-electron chi connectivity index (χ3n) is 4.63. The van der Waals surface area contributed by atoms with Gasteiger partial charge in [-0.15, -0.1) is 0 Å². The molecular weight excluding hydrogens is 340 g/mol. The summed E-state index contributed by atoms with van der Waals surface area (Å²) in [6.07, 6.45) is 1.44. The van der Waals surface area contributed by atoms with Crippen LogP contribution < -0.4 is 5.73 Å². The third-order valence-corrected chi connectivity index (χ3v) is 4.63. The molecule has 0 bridgehead atoms. The maximum Gasteiger partial charge on any atom is 0.410 e. The lowest BCUT2D eigenvalue weighted by Gasteiger charge is -2.36. The number of amides is 1. The number of carbonyl (C=O) groups excluding carboxylic acids is 1. The van der Waals surface area contributed by atoms with E-state index in [2.05, 4.69) is 0 Å². The molecule has 0 radical (unpaired) electrons. The van der Waals surface area contributed by atoms with E-state index in [9.17, 15) is 9.90 Å². The van der Waals surface area contributed by atoms with Crippen LogP contribution in [0.25, 0.3) is 0 Å². The van der Waals surface area contributed by atoms with Crippen molar-refractivity contribution in [1.29, 1.82) is 0 Å². The Labute approximate surface area is 160 Å². The lowest BCUT2D eigenvalue weighted by atomic mass is 9.85. The minimum atomic E-state index is -1.38. The Hall–Kier alpha value is -2.53. The minimum absolute atomic E-state index is 0.0937. The highest BCUT2D eigenvalue weighted by molar-refractivity contribution is 5.69. The lowest BCUT2D eigenvalue weighted by Crippen LogP contribution is -2.47. The zero-order chi connectivity index (χ0) is 19.7. The quantitative estimate of drug-likeness (QED) is 0.785. The fourth-order valence-electron chi connectivity index (χ4n) is 3.16. The summed E-state index contributed by atoms with van der Waals surface area (Å²) in [5.41, 5.74) is 5.93. The van der Waals surface area contributed by atoms with Crippen molar-refractivity contribution in [2.75, 3.05) is 12.3 Å². The molecule has 0 aliphatic heterocycles. The lowest BCUT2D eigenvalue weighted by molar-refractivity contribution is -0.00587. The van der Waals surface area contributed by atoms with Crippen LogP contribution in [-0.4, -0.2) is 34.3 Å². The Bertz CT molecular complexity index is 797. The van der Waals surface area contributed by atoms with Crippen LogP contribution in [0.1, 0.15) is 44.7 Å². The summed E-state index contributed by atoms with van der Waals surface area (Å²) in [5.74, 6) is 0. The molecule has 1 aliphatic rings. The smallest absolute Gasteiger partial charge is 0.410 e. The van der Waals surface area contributed by atoms with Gasteiger partial charge < -0.3 is 20.5 Å². The highest BCUT2D eigenvalue weighted by atomic mass is 16.6. The molecular formula is C22H28N2O3. The molecule has 2 aromatic carbocycles. The van der Waals surface area contributed by atoms with E-state index in [1.165, 1.54) is 0 Å². The molecule has 144 valence electrons. The standard InChI is InChI=1S/C22H28N2O3/c1-21(2,3)27-20(25)24(19-12-13-19)15-22(26,16-8-5-4-6-9-16)17-10-7-11-18(23)14-17/h4-11,14,19,26H,12-13,15,23H2,1-3H3. The summed E-state index contributed by atoms with van der Waals surface area (Å²) in [6, 6.07) is 16.7. The average Bonchev–Trinajstić information content (AvgIpc) is 3.43. The van der Waals surface area contributed by atoms with Crippen molar-refractivity contribution in [1.82, 2.24) is 4.90 Å². The number of anilines is 1. The minimum Gasteiger partial charge on any atom is -0.444 e. The number of nitrogens with zero attached hydrogens (tertiary/aromatic N) is 1. The van der Waals surface area contributed by atoms with Crippen molar-refractivity contribution in [3.8, 4) is 0 Å². The number of hydrogen-bond donors (Lipinski definition) is 2. The molecule has 3 N–H and O–H groups in total. The SMILES string of the molecule is CC(C)(C)OC(=O)N(CC(O)(c1ccccc1)c1cccc(N)c1)C1CC1. The van der Waals surface area contributed by atoms with Gasteiger partial charge in [-0.3, -0.25) is 0 Å². The molecule has 1 atom stereocenters. The molecule has 1 unspecified atom stereocenters. The van der Waals surface area contributed by atoms with Gasteiger partial charge in [-0.1, -0.05) is 42.5 Å².